The standard InChI is InChI=1S/C51H31N5S/c1-3-15-32(16-4-1)53-41-23-11-7-19-36(41)46-38-21-9-13-25-43(38)55(50(46)53)34-27-28-45-40(31-34)35-29-30-52-49(48(35)57-45)56-44-26-14-10-22-39(44)47-37-20-8-12-24-42(37)54(51(47)56)33-17-5-2-6-18-33/h1-31H. The molecule has 13 rings (SSSR count). The fraction of sp³-hybridized carbons (Fsp3) is 0. The van der Waals surface area contributed by atoms with Gasteiger partial charge in [-0.05, 0) is 72.8 Å². The molecular formula is C51H31N5S. The monoisotopic (exact) mass is 745 g/mol. The van der Waals surface area contributed by atoms with Gasteiger partial charge < -0.3 is 0 Å². The predicted molar refractivity (Wildman–Crippen MR) is 239 cm³/mol. The van der Waals surface area contributed by atoms with E-state index in [0.29, 0.717) is 0 Å². The van der Waals surface area contributed by atoms with Gasteiger partial charge in [0, 0.05) is 71.0 Å². The highest BCUT2D eigenvalue weighted by atomic mass is 32.1. The summed E-state index contributed by atoms with van der Waals surface area (Å²) in [5, 5.41) is 9.89. The van der Waals surface area contributed by atoms with Gasteiger partial charge in [0.1, 0.15) is 11.3 Å². The van der Waals surface area contributed by atoms with Crippen molar-refractivity contribution in [2.45, 2.75) is 0 Å². The van der Waals surface area contributed by atoms with Crippen LogP contribution in [0.5, 0.6) is 0 Å². The number of para-hydroxylation sites is 6. The van der Waals surface area contributed by atoms with Crippen LogP contribution in [-0.2, 0) is 0 Å². The number of benzene rings is 7. The average molecular weight is 746 g/mol. The Hall–Kier alpha value is -7.41. The highest BCUT2D eigenvalue weighted by molar-refractivity contribution is 7.26. The van der Waals surface area contributed by atoms with E-state index in [2.05, 4.69) is 200 Å². The molecule has 0 radical (unpaired) electrons. The van der Waals surface area contributed by atoms with Gasteiger partial charge in [-0.2, -0.15) is 0 Å². The molecule has 0 aliphatic rings. The van der Waals surface area contributed by atoms with Gasteiger partial charge in [-0.3, -0.25) is 18.3 Å². The first-order chi connectivity index (χ1) is 28.3. The Labute approximate surface area is 330 Å². The largest absolute Gasteiger partial charge is 0.295 e. The van der Waals surface area contributed by atoms with E-state index in [4.69, 9.17) is 4.98 Å². The van der Waals surface area contributed by atoms with Crippen molar-refractivity contribution in [3.05, 3.63) is 188 Å². The summed E-state index contributed by atoms with van der Waals surface area (Å²) >= 11 is 1.82. The molecule has 5 nitrogen and oxygen atoms in total. The van der Waals surface area contributed by atoms with Crippen molar-refractivity contribution >= 4 is 97.2 Å². The minimum absolute atomic E-state index is 0.944. The molecule has 0 atom stereocenters. The maximum Gasteiger partial charge on any atom is 0.156 e. The van der Waals surface area contributed by atoms with Gasteiger partial charge in [0.15, 0.2) is 5.82 Å². The zero-order chi connectivity index (χ0) is 37.2. The highest BCUT2D eigenvalue weighted by Crippen LogP contribution is 2.45. The topological polar surface area (TPSA) is 32.6 Å². The first-order valence-corrected chi connectivity index (χ1v) is 20.1. The van der Waals surface area contributed by atoms with Crippen LogP contribution in [0.4, 0.5) is 0 Å². The maximum absolute atomic E-state index is 5.22. The number of aromatic nitrogens is 5. The smallest absolute Gasteiger partial charge is 0.156 e. The van der Waals surface area contributed by atoms with Crippen molar-refractivity contribution < 1.29 is 0 Å². The van der Waals surface area contributed by atoms with Crippen molar-refractivity contribution in [1.29, 1.82) is 0 Å². The van der Waals surface area contributed by atoms with E-state index in [-0.39, 0.29) is 0 Å². The summed E-state index contributed by atoms with van der Waals surface area (Å²) in [6.45, 7) is 0. The second-order valence-corrected chi connectivity index (χ2v) is 15.8. The molecular weight excluding hydrogens is 715 g/mol. The van der Waals surface area contributed by atoms with Crippen molar-refractivity contribution in [2.24, 2.45) is 0 Å². The molecule has 0 N–H and O–H groups in total. The normalized spacial score (nSPS) is 12.2. The number of thiophene rings is 1. The first-order valence-electron chi connectivity index (χ1n) is 19.3. The Morgan fingerprint density at radius 3 is 1.32 bits per heavy atom. The molecule has 266 valence electrons. The summed E-state index contributed by atoms with van der Waals surface area (Å²) in [6, 6.07) is 65.8. The van der Waals surface area contributed by atoms with Crippen molar-refractivity contribution in [3.8, 4) is 22.9 Å². The van der Waals surface area contributed by atoms with Gasteiger partial charge in [-0.15, -0.1) is 11.3 Å². The van der Waals surface area contributed by atoms with Crippen LogP contribution in [0, 0.1) is 0 Å². The molecule has 0 spiro atoms. The van der Waals surface area contributed by atoms with Gasteiger partial charge in [-0.1, -0.05) is 109 Å². The van der Waals surface area contributed by atoms with Gasteiger partial charge in [0.2, 0.25) is 0 Å². The lowest BCUT2D eigenvalue weighted by molar-refractivity contribution is 1.04. The zero-order valence-electron chi connectivity index (χ0n) is 30.5. The predicted octanol–water partition coefficient (Wildman–Crippen LogP) is 13.5. The lowest BCUT2D eigenvalue weighted by atomic mass is 10.1. The molecule has 0 bridgehead atoms. The van der Waals surface area contributed by atoms with Crippen LogP contribution in [0.3, 0.4) is 0 Å². The van der Waals surface area contributed by atoms with Gasteiger partial charge in [0.05, 0.1) is 26.8 Å². The van der Waals surface area contributed by atoms with E-state index >= 15 is 0 Å². The van der Waals surface area contributed by atoms with E-state index < -0.39 is 0 Å². The van der Waals surface area contributed by atoms with Crippen LogP contribution in [0.25, 0.3) is 109 Å². The van der Waals surface area contributed by atoms with Crippen molar-refractivity contribution in [1.82, 2.24) is 23.3 Å². The van der Waals surface area contributed by atoms with Crippen molar-refractivity contribution in [2.75, 3.05) is 0 Å². The summed E-state index contributed by atoms with van der Waals surface area (Å²) in [5.74, 6) is 0.944. The zero-order valence-corrected chi connectivity index (χ0v) is 31.4. The lowest BCUT2D eigenvalue weighted by Crippen LogP contribution is -2.03. The molecule has 6 heteroatoms. The van der Waals surface area contributed by atoms with E-state index in [1.807, 2.05) is 17.5 Å². The van der Waals surface area contributed by atoms with Crippen LogP contribution >= 0.6 is 11.3 Å². The van der Waals surface area contributed by atoms with E-state index in [1.54, 1.807) is 0 Å². The minimum Gasteiger partial charge on any atom is -0.295 e. The summed E-state index contributed by atoms with van der Waals surface area (Å²) < 4.78 is 12.1. The third kappa shape index (κ3) is 4.14. The first kappa shape index (κ1) is 30.9. The van der Waals surface area contributed by atoms with Gasteiger partial charge in [0.25, 0.3) is 0 Å². The highest BCUT2D eigenvalue weighted by Gasteiger charge is 2.25. The molecule has 6 aromatic heterocycles. The lowest BCUT2D eigenvalue weighted by Gasteiger charge is -2.13. The molecule has 0 saturated carbocycles. The van der Waals surface area contributed by atoms with Crippen molar-refractivity contribution in [3.63, 3.8) is 0 Å². The molecule has 0 amide bonds. The van der Waals surface area contributed by atoms with Gasteiger partial charge in [-0.25, -0.2) is 4.98 Å². The number of nitrogens with zero attached hydrogens (tertiary/aromatic N) is 5. The maximum atomic E-state index is 5.22. The summed E-state index contributed by atoms with van der Waals surface area (Å²) in [7, 11) is 0. The molecule has 0 unspecified atom stereocenters. The number of hydrogen-bond acceptors (Lipinski definition) is 2. The fourth-order valence-electron chi connectivity index (χ4n) is 9.52. The Kier molecular flexibility index (Phi) is 6.26. The van der Waals surface area contributed by atoms with Crippen LogP contribution < -0.4 is 0 Å². The van der Waals surface area contributed by atoms with Crippen LogP contribution in [0.15, 0.2) is 188 Å². The molecule has 6 heterocycles. The van der Waals surface area contributed by atoms with E-state index in [0.717, 1.165) is 38.7 Å². The second-order valence-electron chi connectivity index (χ2n) is 14.8. The molecule has 0 aliphatic heterocycles. The Morgan fingerprint density at radius 2 is 0.789 bits per heavy atom. The van der Waals surface area contributed by atoms with Crippen LogP contribution in [0.2, 0.25) is 0 Å². The van der Waals surface area contributed by atoms with Crippen LogP contribution in [-0.4, -0.2) is 23.3 Å². The Morgan fingerprint density at radius 1 is 0.351 bits per heavy atom. The van der Waals surface area contributed by atoms with E-state index in [9.17, 15) is 0 Å². The SMILES string of the molecule is c1ccc(-n2c3ccccc3c3c4ccccc4n(-c4ccc5sc6c(-n7c8ccccc8c8c9ccccc9n(-c9ccccc9)c87)nccc6c5c4)c32)cc1. The Bertz CT molecular complexity index is 3750. The number of rotatable bonds is 4. The summed E-state index contributed by atoms with van der Waals surface area (Å²) in [4.78, 5) is 5.22. The Balaban J connectivity index is 1.12. The third-order valence-electron chi connectivity index (χ3n) is 11.8. The third-order valence-corrected chi connectivity index (χ3v) is 13.0. The van der Waals surface area contributed by atoms with Gasteiger partial charge >= 0.3 is 0 Å². The molecule has 7 aromatic carbocycles. The molecule has 0 saturated heterocycles. The van der Waals surface area contributed by atoms with E-state index in [1.165, 1.54) is 70.0 Å². The average Bonchev–Trinajstić information content (AvgIpc) is 4.06. The molecule has 57 heavy (non-hydrogen) atoms. The summed E-state index contributed by atoms with van der Waals surface area (Å²) in [6.07, 6.45) is 1.99. The molecule has 13 aromatic rings. The molecule has 0 aliphatic carbocycles. The number of fused-ring (bicyclic) bond motifs is 13. The molecule has 0 fully saturated rings. The minimum atomic E-state index is 0.944. The fourth-order valence-corrected chi connectivity index (χ4v) is 10.7. The van der Waals surface area contributed by atoms with Crippen LogP contribution in [0.1, 0.15) is 0 Å². The number of hydrogen-bond donors (Lipinski definition) is 0. The summed E-state index contributed by atoms with van der Waals surface area (Å²) in [5.41, 5.74) is 10.4. The second kappa shape index (κ2) is 11.6. The quantitative estimate of drug-likeness (QED) is 0.177. The number of pyridine rings is 1.